The van der Waals surface area contributed by atoms with Gasteiger partial charge in [0.2, 0.25) is 0 Å². The highest BCUT2D eigenvalue weighted by Crippen LogP contribution is 2.27. The average Bonchev–Trinajstić information content (AvgIpc) is 2.54. The van der Waals surface area contributed by atoms with Gasteiger partial charge in [0, 0.05) is 4.47 Å². The zero-order valence-corrected chi connectivity index (χ0v) is 13.2. The Labute approximate surface area is 136 Å². The molecule has 0 atom stereocenters. The third kappa shape index (κ3) is 2.95. The monoisotopic (exact) mass is 352 g/mol. The molecular formula is C19H13BrO2. The molecule has 22 heavy (non-hydrogen) atoms. The van der Waals surface area contributed by atoms with Gasteiger partial charge in [-0.1, -0.05) is 70.5 Å². The fourth-order valence-corrected chi connectivity index (χ4v) is 2.70. The van der Waals surface area contributed by atoms with Gasteiger partial charge in [-0.05, 0) is 40.1 Å². The molecule has 3 aromatic rings. The first-order chi connectivity index (χ1) is 10.6. The molecule has 1 N–H and O–H groups in total. The normalized spacial score (nSPS) is 11.6. The van der Waals surface area contributed by atoms with E-state index in [0.29, 0.717) is 5.57 Å². The summed E-state index contributed by atoms with van der Waals surface area (Å²) >= 11 is 3.38. The van der Waals surface area contributed by atoms with Crippen molar-refractivity contribution in [2.24, 2.45) is 0 Å². The molecule has 0 aliphatic rings. The lowest BCUT2D eigenvalue weighted by atomic mass is 9.96. The van der Waals surface area contributed by atoms with Crippen LogP contribution in [-0.2, 0) is 4.79 Å². The number of carbonyl (C=O) groups is 1. The van der Waals surface area contributed by atoms with E-state index in [4.69, 9.17) is 0 Å². The molecule has 3 rings (SSSR count). The van der Waals surface area contributed by atoms with Crippen LogP contribution in [0.1, 0.15) is 11.1 Å². The molecule has 0 amide bonds. The lowest BCUT2D eigenvalue weighted by Crippen LogP contribution is -2.00. The first kappa shape index (κ1) is 14.5. The van der Waals surface area contributed by atoms with E-state index in [-0.39, 0.29) is 0 Å². The molecule has 3 aromatic carbocycles. The molecule has 0 fully saturated rings. The van der Waals surface area contributed by atoms with Crippen molar-refractivity contribution in [3.8, 4) is 0 Å². The quantitative estimate of drug-likeness (QED) is 0.517. The summed E-state index contributed by atoms with van der Waals surface area (Å²) in [5.41, 5.74) is 1.88. The predicted octanol–water partition coefficient (Wildman–Crippen LogP) is 5.23. The maximum absolute atomic E-state index is 11.7. The third-order valence-electron chi connectivity index (χ3n) is 3.49. The van der Waals surface area contributed by atoms with Crippen LogP contribution in [0.5, 0.6) is 0 Å². The molecule has 2 nitrogen and oxygen atoms in total. The van der Waals surface area contributed by atoms with Crippen molar-refractivity contribution in [2.45, 2.75) is 0 Å². The van der Waals surface area contributed by atoms with Crippen LogP contribution in [0, 0.1) is 0 Å². The largest absolute Gasteiger partial charge is 0.478 e. The number of aliphatic carboxylic acids is 1. The standard InChI is InChI=1S/C19H13BrO2/c20-15-10-8-13(9-11-15)12-18(19(21)22)17-7-3-5-14-4-1-2-6-16(14)17/h1-12H,(H,21,22)/b18-12+. The van der Waals surface area contributed by atoms with Gasteiger partial charge in [-0.2, -0.15) is 0 Å². The van der Waals surface area contributed by atoms with Gasteiger partial charge < -0.3 is 5.11 Å². The van der Waals surface area contributed by atoms with Gasteiger partial charge in [-0.3, -0.25) is 0 Å². The van der Waals surface area contributed by atoms with Gasteiger partial charge in [0.1, 0.15) is 0 Å². The number of hydrogen-bond acceptors (Lipinski definition) is 1. The number of rotatable bonds is 3. The Kier molecular flexibility index (Phi) is 4.07. The van der Waals surface area contributed by atoms with Crippen LogP contribution in [0.25, 0.3) is 22.4 Å². The van der Waals surface area contributed by atoms with Crippen LogP contribution in [0.15, 0.2) is 71.2 Å². The molecule has 0 saturated carbocycles. The summed E-state index contributed by atoms with van der Waals surface area (Å²) in [6, 6.07) is 21.1. The number of fused-ring (bicyclic) bond motifs is 1. The van der Waals surface area contributed by atoms with Gasteiger partial charge in [-0.25, -0.2) is 4.79 Å². The van der Waals surface area contributed by atoms with Crippen LogP contribution < -0.4 is 0 Å². The van der Waals surface area contributed by atoms with E-state index in [2.05, 4.69) is 15.9 Å². The van der Waals surface area contributed by atoms with E-state index in [9.17, 15) is 9.90 Å². The smallest absolute Gasteiger partial charge is 0.336 e. The van der Waals surface area contributed by atoms with E-state index in [1.807, 2.05) is 66.7 Å². The minimum absolute atomic E-state index is 0.291. The first-order valence-corrected chi connectivity index (χ1v) is 7.63. The van der Waals surface area contributed by atoms with E-state index >= 15 is 0 Å². The molecule has 0 aromatic heterocycles. The number of hydrogen-bond donors (Lipinski definition) is 1. The van der Waals surface area contributed by atoms with Crippen molar-refractivity contribution >= 4 is 44.3 Å². The fourth-order valence-electron chi connectivity index (χ4n) is 2.44. The molecule has 0 aliphatic heterocycles. The molecule has 0 aliphatic carbocycles. The second-order valence-electron chi connectivity index (χ2n) is 4.94. The number of carboxylic acids is 1. The fraction of sp³-hybridized carbons (Fsp3) is 0. The lowest BCUT2D eigenvalue weighted by molar-refractivity contribution is -0.130. The molecule has 0 spiro atoms. The second-order valence-corrected chi connectivity index (χ2v) is 5.86. The summed E-state index contributed by atoms with van der Waals surface area (Å²) < 4.78 is 0.965. The van der Waals surface area contributed by atoms with E-state index < -0.39 is 5.97 Å². The van der Waals surface area contributed by atoms with E-state index in [1.165, 1.54) is 0 Å². The minimum atomic E-state index is -0.931. The Morgan fingerprint density at radius 3 is 2.32 bits per heavy atom. The molecule has 0 unspecified atom stereocenters. The summed E-state index contributed by atoms with van der Waals surface area (Å²) in [4.78, 5) is 11.7. The molecule has 108 valence electrons. The summed E-state index contributed by atoms with van der Waals surface area (Å²) in [6.45, 7) is 0. The molecule has 3 heteroatoms. The van der Waals surface area contributed by atoms with Gasteiger partial charge in [0.25, 0.3) is 0 Å². The molecular weight excluding hydrogens is 340 g/mol. The Hall–Kier alpha value is -2.39. The van der Waals surface area contributed by atoms with Gasteiger partial charge in [0.05, 0.1) is 5.57 Å². The molecule has 0 bridgehead atoms. The van der Waals surface area contributed by atoms with Crippen molar-refractivity contribution in [1.82, 2.24) is 0 Å². The Morgan fingerprint density at radius 1 is 0.909 bits per heavy atom. The maximum Gasteiger partial charge on any atom is 0.336 e. The lowest BCUT2D eigenvalue weighted by Gasteiger charge is -2.08. The number of carboxylic acid groups (broad SMARTS) is 1. The second kappa shape index (κ2) is 6.16. The van der Waals surface area contributed by atoms with Crippen molar-refractivity contribution in [2.75, 3.05) is 0 Å². The number of benzene rings is 3. The summed E-state index contributed by atoms with van der Waals surface area (Å²) in [5.74, 6) is -0.931. The highest BCUT2D eigenvalue weighted by atomic mass is 79.9. The van der Waals surface area contributed by atoms with Gasteiger partial charge >= 0.3 is 5.97 Å². The molecule has 0 heterocycles. The van der Waals surface area contributed by atoms with Crippen molar-refractivity contribution in [1.29, 1.82) is 0 Å². The van der Waals surface area contributed by atoms with Crippen LogP contribution in [0.3, 0.4) is 0 Å². The van der Waals surface area contributed by atoms with Gasteiger partial charge in [-0.15, -0.1) is 0 Å². The minimum Gasteiger partial charge on any atom is -0.478 e. The van der Waals surface area contributed by atoms with Crippen molar-refractivity contribution < 1.29 is 9.90 Å². The molecule has 0 saturated heterocycles. The zero-order valence-electron chi connectivity index (χ0n) is 11.7. The van der Waals surface area contributed by atoms with Crippen molar-refractivity contribution in [3.05, 3.63) is 82.3 Å². The van der Waals surface area contributed by atoms with E-state index in [0.717, 1.165) is 26.4 Å². The van der Waals surface area contributed by atoms with E-state index in [1.54, 1.807) is 6.08 Å². The highest BCUT2D eigenvalue weighted by molar-refractivity contribution is 9.10. The van der Waals surface area contributed by atoms with Crippen LogP contribution in [-0.4, -0.2) is 11.1 Å². The predicted molar refractivity (Wildman–Crippen MR) is 93.6 cm³/mol. The molecule has 0 radical (unpaired) electrons. The Balaban J connectivity index is 2.19. The van der Waals surface area contributed by atoms with Crippen LogP contribution in [0.4, 0.5) is 0 Å². The SMILES string of the molecule is O=C(O)/C(=C/c1ccc(Br)cc1)c1cccc2ccccc12. The summed E-state index contributed by atoms with van der Waals surface area (Å²) in [7, 11) is 0. The summed E-state index contributed by atoms with van der Waals surface area (Å²) in [6.07, 6.45) is 1.70. The van der Waals surface area contributed by atoms with Crippen LogP contribution in [0.2, 0.25) is 0 Å². The highest BCUT2D eigenvalue weighted by Gasteiger charge is 2.13. The maximum atomic E-state index is 11.7. The summed E-state index contributed by atoms with van der Waals surface area (Å²) in [5, 5.41) is 11.6. The van der Waals surface area contributed by atoms with Gasteiger partial charge in [0.15, 0.2) is 0 Å². The van der Waals surface area contributed by atoms with Crippen LogP contribution >= 0.6 is 15.9 Å². The third-order valence-corrected chi connectivity index (χ3v) is 4.02. The average molecular weight is 353 g/mol. The number of halogens is 1. The first-order valence-electron chi connectivity index (χ1n) is 6.84. The topological polar surface area (TPSA) is 37.3 Å². The Bertz CT molecular complexity index is 859. The van der Waals surface area contributed by atoms with Crippen molar-refractivity contribution in [3.63, 3.8) is 0 Å². The Morgan fingerprint density at radius 2 is 1.59 bits per heavy atom. The zero-order chi connectivity index (χ0) is 15.5.